The van der Waals surface area contributed by atoms with Crippen LogP contribution >= 0.6 is 0 Å². The number of amides is 1. The van der Waals surface area contributed by atoms with Crippen LogP contribution in [0.2, 0.25) is 0 Å². The third kappa shape index (κ3) is 3.85. The maximum Gasteiger partial charge on any atom is 0.416 e. The third-order valence-electron chi connectivity index (χ3n) is 6.63. The summed E-state index contributed by atoms with van der Waals surface area (Å²) < 4.78 is 36.9. The van der Waals surface area contributed by atoms with Crippen molar-refractivity contribution in [2.24, 2.45) is 7.05 Å². The fourth-order valence-electron chi connectivity index (χ4n) is 4.85. The first-order chi connectivity index (χ1) is 17.6. The molecule has 2 aliphatic rings. The molecule has 0 saturated carbocycles. The summed E-state index contributed by atoms with van der Waals surface area (Å²) in [6, 6.07) is 4.79. The molecular weight excluding hydrogens is 479 g/mol. The first-order valence-electron chi connectivity index (χ1n) is 12.0. The Balaban J connectivity index is 1.60. The van der Waals surface area contributed by atoms with Gasteiger partial charge in [-0.3, -0.25) is 9.30 Å². The lowest BCUT2D eigenvalue weighted by Gasteiger charge is -2.29. The second-order valence-corrected chi connectivity index (χ2v) is 10.4. The SMILES string of the molecule is Cc1nc(-c2cc3c(n4cnnc24)N(C(=O)OC(C)(C)C)Cc2c(F)ccc4c2[C@H](CO4)CO3)cn1C. The van der Waals surface area contributed by atoms with Crippen LogP contribution in [0.25, 0.3) is 16.9 Å². The summed E-state index contributed by atoms with van der Waals surface area (Å²) in [5.74, 6) is 1.55. The molecular formula is C26H27FN6O4. The number of rotatable bonds is 1. The zero-order valence-electron chi connectivity index (χ0n) is 21.3. The summed E-state index contributed by atoms with van der Waals surface area (Å²) in [7, 11) is 1.91. The van der Waals surface area contributed by atoms with Gasteiger partial charge in [0.2, 0.25) is 0 Å². The molecule has 1 amide bonds. The maximum atomic E-state index is 15.3. The number of halogens is 1. The standard InChI is InChI=1S/C26H27FN6O4/c1-14-29-19(10-31(14)5)16-8-21-24(33-13-28-30-23(16)33)32(25(34)37-26(2,3)4)9-17-18(27)6-7-20-22(17)15(11-35-20)12-36-21/h6-8,10,13,15H,9,11-12H2,1-5H3/t15-/m1/s1. The average molecular weight is 507 g/mol. The largest absolute Gasteiger partial charge is 0.493 e. The molecule has 1 atom stereocenters. The van der Waals surface area contributed by atoms with Gasteiger partial charge in [-0.05, 0) is 45.9 Å². The second-order valence-electron chi connectivity index (χ2n) is 10.4. The molecule has 0 aliphatic carbocycles. The molecule has 0 radical (unpaired) electrons. The number of ether oxygens (including phenoxy) is 3. The Labute approximate surface area is 212 Å². The minimum absolute atomic E-state index is 0.0878. The van der Waals surface area contributed by atoms with Crippen molar-refractivity contribution in [3.63, 3.8) is 0 Å². The number of fused-ring (bicyclic) bond motifs is 3. The van der Waals surface area contributed by atoms with Gasteiger partial charge in [-0.2, -0.15) is 0 Å². The maximum absolute atomic E-state index is 15.3. The number of aromatic nitrogens is 5. The molecule has 5 heterocycles. The van der Waals surface area contributed by atoms with Gasteiger partial charge in [-0.15, -0.1) is 10.2 Å². The molecule has 0 saturated heterocycles. The Morgan fingerprint density at radius 3 is 2.65 bits per heavy atom. The van der Waals surface area contributed by atoms with E-state index in [1.165, 1.54) is 17.3 Å². The van der Waals surface area contributed by atoms with Gasteiger partial charge in [0.15, 0.2) is 17.2 Å². The van der Waals surface area contributed by atoms with Gasteiger partial charge < -0.3 is 18.8 Å². The van der Waals surface area contributed by atoms with Gasteiger partial charge in [0.1, 0.15) is 29.3 Å². The van der Waals surface area contributed by atoms with Crippen LogP contribution in [0.5, 0.6) is 11.5 Å². The van der Waals surface area contributed by atoms with Crippen LogP contribution in [0.4, 0.5) is 15.0 Å². The first kappa shape index (κ1) is 23.3. The number of carbonyl (C=O) groups excluding carboxylic acids is 1. The smallest absolute Gasteiger partial charge is 0.416 e. The molecule has 0 fully saturated rings. The van der Waals surface area contributed by atoms with Crippen LogP contribution in [-0.4, -0.2) is 49.1 Å². The van der Waals surface area contributed by atoms with Crippen LogP contribution in [0.3, 0.4) is 0 Å². The normalized spacial score (nSPS) is 16.8. The van der Waals surface area contributed by atoms with Crippen LogP contribution in [0.15, 0.2) is 30.7 Å². The van der Waals surface area contributed by atoms with Gasteiger partial charge >= 0.3 is 6.09 Å². The average Bonchev–Trinajstić information content (AvgIpc) is 3.55. The molecule has 0 spiro atoms. The lowest BCUT2D eigenvalue weighted by Crippen LogP contribution is -2.38. The predicted molar refractivity (Wildman–Crippen MR) is 132 cm³/mol. The number of carbonyl (C=O) groups is 1. The molecule has 37 heavy (non-hydrogen) atoms. The Bertz CT molecular complexity index is 1530. The van der Waals surface area contributed by atoms with Gasteiger partial charge in [0.25, 0.3) is 0 Å². The highest BCUT2D eigenvalue weighted by Gasteiger charge is 2.37. The van der Waals surface area contributed by atoms with Gasteiger partial charge in [0.05, 0.1) is 36.9 Å². The van der Waals surface area contributed by atoms with E-state index in [0.717, 1.165) is 5.82 Å². The van der Waals surface area contributed by atoms with Crippen LogP contribution in [0, 0.1) is 12.7 Å². The lowest BCUT2D eigenvalue weighted by atomic mass is 9.95. The minimum atomic E-state index is -0.781. The number of anilines is 1. The highest BCUT2D eigenvalue weighted by atomic mass is 19.1. The van der Waals surface area contributed by atoms with Crippen LogP contribution in [-0.2, 0) is 18.3 Å². The second kappa shape index (κ2) is 8.19. The summed E-state index contributed by atoms with van der Waals surface area (Å²) >= 11 is 0. The van der Waals surface area contributed by atoms with Crippen molar-refractivity contribution in [2.45, 2.75) is 45.8 Å². The van der Waals surface area contributed by atoms with E-state index >= 15 is 4.39 Å². The molecule has 192 valence electrons. The summed E-state index contributed by atoms with van der Waals surface area (Å²) in [5.41, 5.74) is 2.16. The van der Waals surface area contributed by atoms with E-state index in [1.807, 2.05) is 30.8 Å². The number of pyridine rings is 1. The van der Waals surface area contributed by atoms with Gasteiger partial charge in [-0.1, -0.05) is 0 Å². The lowest BCUT2D eigenvalue weighted by molar-refractivity contribution is 0.0574. The van der Waals surface area contributed by atoms with Crippen molar-refractivity contribution in [1.82, 2.24) is 24.1 Å². The van der Waals surface area contributed by atoms with E-state index < -0.39 is 17.5 Å². The van der Waals surface area contributed by atoms with E-state index in [0.29, 0.717) is 52.0 Å². The Morgan fingerprint density at radius 2 is 1.95 bits per heavy atom. The molecule has 0 unspecified atom stereocenters. The quantitative estimate of drug-likeness (QED) is 0.378. The fraction of sp³-hybridized carbons (Fsp3) is 0.385. The summed E-state index contributed by atoms with van der Waals surface area (Å²) in [5, 5.41) is 8.45. The first-order valence-corrected chi connectivity index (χ1v) is 12.0. The van der Waals surface area contributed by atoms with Crippen molar-refractivity contribution >= 4 is 17.6 Å². The topological polar surface area (TPSA) is 96.0 Å². The van der Waals surface area contributed by atoms with Crippen molar-refractivity contribution in [2.75, 3.05) is 18.1 Å². The molecule has 2 aliphatic heterocycles. The monoisotopic (exact) mass is 506 g/mol. The Kier molecular flexibility index (Phi) is 5.15. The molecule has 10 nitrogen and oxygen atoms in total. The highest BCUT2D eigenvalue weighted by molar-refractivity contribution is 5.91. The van der Waals surface area contributed by atoms with Crippen LogP contribution < -0.4 is 14.4 Å². The molecule has 0 bridgehead atoms. The van der Waals surface area contributed by atoms with Crippen molar-refractivity contribution < 1.29 is 23.4 Å². The van der Waals surface area contributed by atoms with E-state index in [1.54, 1.807) is 31.2 Å². The third-order valence-corrected chi connectivity index (χ3v) is 6.63. The van der Waals surface area contributed by atoms with Gasteiger partial charge in [-0.25, -0.2) is 14.2 Å². The number of aryl methyl sites for hydroxylation is 2. The summed E-state index contributed by atoms with van der Waals surface area (Å²) in [6.07, 6.45) is 2.75. The van der Waals surface area contributed by atoms with Crippen molar-refractivity contribution in [1.29, 1.82) is 0 Å². The Hall–Kier alpha value is -4.15. The number of benzene rings is 1. The predicted octanol–water partition coefficient (Wildman–Crippen LogP) is 4.39. The Morgan fingerprint density at radius 1 is 1.19 bits per heavy atom. The highest BCUT2D eigenvalue weighted by Crippen LogP contribution is 2.43. The number of hydrogen-bond donors (Lipinski definition) is 0. The number of imidazole rings is 1. The zero-order chi connectivity index (χ0) is 26.1. The molecule has 0 N–H and O–H groups in total. The molecule has 11 heteroatoms. The van der Waals surface area contributed by atoms with Crippen LogP contribution in [0.1, 0.15) is 43.6 Å². The van der Waals surface area contributed by atoms with Crippen molar-refractivity contribution in [3.8, 4) is 22.8 Å². The fourth-order valence-corrected chi connectivity index (χ4v) is 4.85. The van der Waals surface area contributed by atoms with E-state index in [4.69, 9.17) is 14.2 Å². The summed E-state index contributed by atoms with van der Waals surface area (Å²) in [6.45, 7) is 7.75. The zero-order valence-corrected chi connectivity index (χ0v) is 21.3. The minimum Gasteiger partial charge on any atom is -0.493 e. The molecule has 4 aromatic rings. The number of hydrogen-bond acceptors (Lipinski definition) is 7. The van der Waals surface area contributed by atoms with E-state index in [9.17, 15) is 4.79 Å². The summed E-state index contributed by atoms with van der Waals surface area (Å²) in [4.78, 5) is 19.7. The van der Waals surface area contributed by atoms with Crippen molar-refractivity contribution in [3.05, 3.63) is 53.5 Å². The molecule has 1 aromatic carbocycles. The molecule has 6 rings (SSSR count). The number of nitrogens with zero attached hydrogens (tertiary/aromatic N) is 6. The molecule has 3 aromatic heterocycles. The van der Waals surface area contributed by atoms with E-state index in [2.05, 4.69) is 15.2 Å². The van der Waals surface area contributed by atoms with E-state index in [-0.39, 0.29) is 19.1 Å². The van der Waals surface area contributed by atoms with Gasteiger partial charge in [0, 0.05) is 24.4 Å².